The Hall–Kier alpha value is -2.40. The van der Waals surface area contributed by atoms with Gasteiger partial charge in [-0.2, -0.15) is 0 Å². The molecule has 1 saturated heterocycles. The van der Waals surface area contributed by atoms with Crippen molar-refractivity contribution in [3.8, 4) is 0 Å². The van der Waals surface area contributed by atoms with Crippen molar-refractivity contribution in [1.82, 2.24) is 9.88 Å². The van der Waals surface area contributed by atoms with Gasteiger partial charge in [-0.05, 0) is 43.0 Å². The van der Waals surface area contributed by atoms with E-state index in [1.807, 2.05) is 40.1 Å². The number of amides is 2. The first-order valence-corrected chi connectivity index (χ1v) is 9.64. The Balaban J connectivity index is 1.46. The molecule has 2 amide bonds. The molecule has 2 aromatic carbocycles. The monoisotopic (exact) mass is 349 g/mol. The van der Waals surface area contributed by atoms with Crippen LogP contribution in [0.15, 0.2) is 48.5 Å². The molecule has 0 N–H and O–H groups in total. The summed E-state index contributed by atoms with van der Waals surface area (Å²) in [6, 6.07) is 16.7. The van der Waals surface area contributed by atoms with Crippen LogP contribution >= 0.6 is 11.3 Å². The Morgan fingerprint density at radius 3 is 2.84 bits per heavy atom. The Kier molecular flexibility index (Phi) is 3.48. The van der Waals surface area contributed by atoms with Crippen LogP contribution in [0.3, 0.4) is 0 Å². The third-order valence-corrected chi connectivity index (χ3v) is 6.35. The van der Waals surface area contributed by atoms with Crippen LogP contribution in [0.2, 0.25) is 0 Å². The molecule has 126 valence electrons. The summed E-state index contributed by atoms with van der Waals surface area (Å²) in [4.78, 5) is 22.0. The number of carbonyl (C=O) groups is 1. The second kappa shape index (κ2) is 5.85. The number of thiazole rings is 1. The average Bonchev–Trinajstić information content (AvgIpc) is 3.37. The molecule has 0 radical (unpaired) electrons. The number of benzene rings is 2. The Morgan fingerprint density at radius 2 is 1.92 bits per heavy atom. The third kappa shape index (κ3) is 2.42. The standard InChI is InChI=1S/C20H19N3OS/c24-20(23-13-11-14-6-1-3-8-16(14)23)22-12-5-9-17(22)19-21-15-7-2-4-10-18(15)25-19/h1-4,6-8,10,17H,5,9,11-13H2. The number of aromatic nitrogens is 1. The highest BCUT2D eigenvalue weighted by Gasteiger charge is 2.36. The fourth-order valence-corrected chi connectivity index (χ4v) is 5.09. The van der Waals surface area contributed by atoms with E-state index in [-0.39, 0.29) is 12.1 Å². The average molecular weight is 349 g/mol. The molecule has 2 aliphatic rings. The van der Waals surface area contributed by atoms with E-state index < -0.39 is 0 Å². The van der Waals surface area contributed by atoms with Crippen molar-refractivity contribution in [2.24, 2.45) is 0 Å². The van der Waals surface area contributed by atoms with Crippen molar-refractivity contribution in [3.05, 3.63) is 59.1 Å². The molecule has 3 heterocycles. The number of rotatable bonds is 1. The van der Waals surface area contributed by atoms with Gasteiger partial charge in [0.05, 0.1) is 16.3 Å². The molecule has 1 fully saturated rings. The highest BCUT2D eigenvalue weighted by Crippen LogP contribution is 2.38. The first-order valence-electron chi connectivity index (χ1n) is 8.83. The smallest absolute Gasteiger partial charge is 0.315 e. The lowest BCUT2D eigenvalue weighted by atomic mass is 10.2. The summed E-state index contributed by atoms with van der Waals surface area (Å²) in [6.07, 6.45) is 2.99. The van der Waals surface area contributed by atoms with Crippen LogP contribution in [-0.2, 0) is 6.42 Å². The van der Waals surface area contributed by atoms with Crippen molar-refractivity contribution in [2.75, 3.05) is 18.0 Å². The lowest BCUT2D eigenvalue weighted by molar-refractivity contribution is 0.200. The van der Waals surface area contributed by atoms with Gasteiger partial charge in [-0.1, -0.05) is 30.3 Å². The van der Waals surface area contributed by atoms with E-state index in [2.05, 4.69) is 18.2 Å². The molecular formula is C20H19N3OS. The highest BCUT2D eigenvalue weighted by atomic mass is 32.1. The maximum absolute atomic E-state index is 13.2. The lowest BCUT2D eigenvalue weighted by Gasteiger charge is -2.28. The number of urea groups is 1. The molecule has 5 rings (SSSR count). The molecule has 0 bridgehead atoms. The van der Waals surface area contributed by atoms with Gasteiger partial charge < -0.3 is 4.90 Å². The molecular weight excluding hydrogens is 330 g/mol. The number of carbonyl (C=O) groups excluding carboxylic acids is 1. The van der Waals surface area contributed by atoms with Crippen LogP contribution in [-0.4, -0.2) is 29.0 Å². The third-order valence-electron chi connectivity index (χ3n) is 5.21. The second-order valence-electron chi connectivity index (χ2n) is 6.68. The van der Waals surface area contributed by atoms with E-state index in [1.54, 1.807) is 11.3 Å². The number of likely N-dealkylation sites (tertiary alicyclic amines) is 1. The van der Waals surface area contributed by atoms with Gasteiger partial charge >= 0.3 is 6.03 Å². The van der Waals surface area contributed by atoms with E-state index >= 15 is 0 Å². The maximum Gasteiger partial charge on any atom is 0.325 e. The minimum Gasteiger partial charge on any atom is -0.315 e. The Morgan fingerprint density at radius 1 is 1.08 bits per heavy atom. The van der Waals surface area contributed by atoms with Gasteiger partial charge in [-0.15, -0.1) is 11.3 Å². The quantitative estimate of drug-likeness (QED) is 0.643. The summed E-state index contributed by atoms with van der Waals surface area (Å²) in [5, 5.41) is 1.07. The van der Waals surface area contributed by atoms with Gasteiger partial charge in [0, 0.05) is 18.8 Å². The van der Waals surface area contributed by atoms with E-state index in [1.165, 1.54) is 10.3 Å². The summed E-state index contributed by atoms with van der Waals surface area (Å²) in [6.45, 7) is 1.60. The van der Waals surface area contributed by atoms with Crippen molar-refractivity contribution in [2.45, 2.75) is 25.3 Å². The molecule has 0 aliphatic carbocycles. The van der Waals surface area contributed by atoms with E-state index in [9.17, 15) is 4.79 Å². The Bertz CT molecular complexity index is 918. The van der Waals surface area contributed by atoms with Gasteiger partial charge in [-0.3, -0.25) is 4.90 Å². The second-order valence-corrected chi connectivity index (χ2v) is 7.75. The highest BCUT2D eigenvalue weighted by molar-refractivity contribution is 7.18. The number of hydrogen-bond donors (Lipinski definition) is 0. The largest absolute Gasteiger partial charge is 0.325 e. The molecule has 1 aromatic heterocycles. The van der Waals surface area contributed by atoms with Gasteiger partial charge in [-0.25, -0.2) is 9.78 Å². The molecule has 0 spiro atoms. The summed E-state index contributed by atoms with van der Waals surface area (Å²) in [5.74, 6) is 0. The van der Waals surface area contributed by atoms with Crippen molar-refractivity contribution in [1.29, 1.82) is 0 Å². The van der Waals surface area contributed by atoms with Crippen molar-refractivity contribution >= 4 is 33.3 Å². The molecule has 25 heavy (non-hydrogen) atoms. The topological polar surface area (TPSA) is 36.4 Å². The molecule has 5 heteroatoms. The zero-order valence-corrected chi connectivity index (χ0v) is 14.7. The fourth-order valence-electron chi connectivity index (χ4n) is 3.98. The zero-order chi connectivity index (χ0) is 16.8. The number of fused-ring (bicyclic) bond motifs is 2. The van der Waals surface area contributed by atoms with Crippen LogP contribution in [0.1, 0.15) is 29.5 Å². The van der Waals surface area contributed by atoms with Crippen LogP contribution in [0.5, 0.6) is 0 Å². The van der Waals surface area contributed by atoms with Crippen LogP contribution in [0.4, 0.5) is 10.5 Å². The molecule has 1 atom stereocenters. The van der Waals surface area contributed by atoms with Gasteiger partial charge in [0.2, 0.25) is 0 Å². The number of anilines is 1. The molecule has 0 saturated carbocycles. The number of nitrogens with zero attached hydrogens (tertiary/aromatic N) is 3. The Labute approximate surface area is 150 Å². The van der Waals surface area contributed by atoms with Gasteiger partial charge in [0.1, 0.15) is 5.01 Å². The number of para-hydroxylation sites is 2. The molecule has 3 aromatic rings. The van der Waals surface area contributed by atoms with E-state index in [0.717, 1.165) is 48.6 Å². The molecule has 4 nitrogen and oxygen atoms in total. The van der Waals surface area contributed by atoms with E-state index in [0.29, 0.717) is 0 Å². The predicted molar refractivity (Wildman–Crippen MR) is 101 cm³/mol. The van der Waals surface area contributed by atoms with Crippen LogP contribution in [0.25, 0.3) is 10.2 Å². The SMILES string of the molecule is O=C(N1CCc2ccccc21)N1CCCC1c1nc2ccccc2s1. The first kappa shape index (κ1) is 14.9. The van der Waals surface area contributed by atoms with E-state index in [4.69, 9.17) is 4.98 Å². The van der Waals surface area contributed by atoms with Gasteiger partial charge in [0.25, 0.3) is 0 Å². The van der Waals surface area contributed by atoms with Gasteiger partial charge in [0.15, 0.2) is 0 Å². The summed E-state index contributed by atoms with van der Waals surface area (Å²) >= 11 is 1.72. The molecule has 2 aliphatic heterocycles. The number of hydrogen-bond acceptors (Lipinski definition) is 3. The summed E-state index contributed by atoms with van der Waals surface area (Å²) in [7, 11) is 0. The summed E-state index contributed by atoms with van der Waals surface area (Å²) in [5.41, 5.74) is 3.38. The predicted octanol–water partition coefficient (Wildman–Crippen LogP) is 4.62. The molecule has 1 unspecified atom stereocenters. The fraction of sp³-hybridized carbons (Fsp3) is 0.300. The minimum atomic E-state index is 0.109. The maximum atomic E-state index is 13.2. The lowest BCUT2D eigenvalue weighted by Crippen LogP contribution is -2.42. The van der Waals surface area contributed by atoms with Crippen molar-refractivity contribution in [3.63, 3.8) is 0 Å². The first-order chi connectivity index (χ1) is 12.3. The van der Waals surface area contributed by atoms with Crippen molar-refractivity contribution < 1.29 is 4.79 Å². The van der Waals surface area contributed by atoms with Crippen LogP contribution in [0, 0.1) is 0 Å². The van der Waals surface area contributed by atoms with Crippen LogP contribution < -0.4 is 4.90 Å². The zero-order valence-electron chi connectivity index (χ0n) is 13.9. The minimum absolute atomic E-state index is 0.109. The normalized spacial score (nSPS) is 19.6. The summed E-state index contributed by atoms with van der Waals surface area (Å²) < 4.78 is 1.20.